The highest BCUT2D eigenvalue weighted by Gasteiger charge is 2.40. The summed E-state index contributed by atoms with van der Waals surface area (Å²) in [5, 5.41) is 17.7. The quantitative estimate of drug-likeness (QED) is 0.386. The molecule has 3 rings (SSSR count). The molecule has 0 spiro atoms. The number of rotatable bonds is 10. The molecule has 0 bridgehead atoms. The second-order valence-corrected chi connectivity index (χ2v) is 9.13. The first-order valence-electron chi connectivity index (χ1n) is 12.2. The zero-order valence-electron chi connectivity index (χ0n) is 21.1. The molecule has 196 valence electrons. The van der Waals surface area contributed by atoms with Crippen molar-refractivity contribution < 1.29 is 29.1 Å². The number of para-hydroxylation sites is 1. The molecule has 10 heteroatoms. The Balaban J connectivity index is 1.74. The highest BCUT2D eigenvalue weighted by Crippen LogP contribution is 2.38. The van der Waals surface area contributed by atoms with Crippen molar-refractivity contribution in [2.45, 2.75) is 52.1 Å². The van der Waals surface area contributed by atoms with Crippen molar-refractivity contribution in [3.63, 3.8) is 0 Å². The molecular weight excluding hydrogens is 476 g/mol. The van der Waals surface area contributed by atoms with Gasteiger partial charge in [-0.2, -0.15) is 0 Å². The third-order valence-electron chi connectivity index (χ3n) is 6.38. The van der Waals surface area contributed by atoms with Crippen molar-refractivity contribution in [1.82, 2.24) is 10.6 Å². The zero-order chi connectivity index (χ0) is 27.1. The van der Waals surface area contributed by atoms with Crippen LogP contribution in [0.15, 0.2) is 48.5 Å². The van der Waals surface area contributed by atoms with E-state index in [0.29, 0.717) is 23.4 Å². The number of benzene rings is 2. The van der Waals surface area contributed by atoms with Crippen molar-refractivity contribution >= 4 is 41.0 Å². The van der Waals surface area contributed by atoms with Crippen LogP contribution in [0.4, 0.5) is 11.4 Å². The fraction of sp³-hybridized carbons (Fsp3) is 0.370. The number of fused-ring (bicyclic) bond motifs is 1. The standard InChI is InChI=1S/C27H32N4O6/c1-4-16(2)24(30-22(33)13-18-9-6-5-7-10-18)26(35)28-15-23(34)31-21(27(36)37)14-19-11-8-12-20(25(19)31)29-17(3)32/h5-12,16,21,24H,4,13-15H2,1-3H3,(H,28,35)(H,29,32)(H,30,33)(H,36,37)/t16?,21-,24?/m0/s1. The lowest BCUT2D eigenvalue weighted by atomic mass is 9.98. The number of nitrogens with zero attached hydrogens (tertiary/aromatic N) is 1. The molecule has 1 aliphatic heterocycles. The van der Waals surface area contributed by atoms with Crippen molar-refractivity contribution in [1.29, 1.82) is 0 Å². The number of hydrogen-bond donors (Lipinski definition) is 4. The smallest absolute Gasteiger partial charge is 0.327 e. The van der Waals surface area contributed by atoms with Crippen molar-refractivity contribution in [3.05, 3.63) is 59.7 Å². The van der Waals surface area contributed by atoms with E-state index in [2.05, 4.69) is 16.0 Å². The first kappa shape index (κ1) is 27.4. The largest absolute Gasteiger partial charge is 0.480 e. The van der Waals surface area contributed by atoms with Crippen LogP contribution in [0.1, 0.15) is 38.3 Å². The number of amides is 4. The van der Waals surface area contributed by atoms with Crippen LogP contribution in [0.2, 0.25) is 0 Å². The summed E-state index contributed by atoms with van der Waals surface area (Å²) < 4.78 is 0. The predicted octanol–water partition coefficient (Wildman–Crippen LogP) is 1.88. The van der Waals surface area contributed by atoms with Gasteiger partial charge in [-0.05, 0) is 23.1 Å². The van der Waals surface area contributed by atoms with Gasteiger partial charge in [0.1, 0.15) is 12.1 Å². The lowest BCUT2D eigenvalue weighted by Crippen LogP contribution is -2.53. The van der Waals surface area contributed by atoms with E-state index in [9.17, 15) is 29.1 Å². The van der Waals surface area contributed by atoms with E-state index in [1.807, 2.05) is 44.2 Å². The molecule has 37 heavy (non-hydrogen) atoms. The molecule has 0 radical (unpaired) electrons. The maximum Gasteiger partial charge on any atom is 0.327 e. The van der Waals surface area contributed by atoms with Crippen LogP contribution in [-0.4, -0.2) is 53.3 Å². The summed E-state index contributed by atoms with van der Waals surface area (Å²) >= 11 is 0. The first-order chi connectivity index (χ1) is 17.6. The highest BCUT2D eigenvalue weighted by molar-refractivity contribution is 6.08. The minimum Gasteiger partial charge on any atom is -0.480 e. The Bertz CT molecular complexity index is 1180. The van der Waals surface area contributed by atoms with Gasteiger partial charge >= 0.3 is 5.97 Å². The first-order valence-corrected chi connectivity index (χ1v) is 12.2. The van der Waals surface area contributed by atoms with Crippen molar-refractivity contribution in [2.24, 2.45) is 5.92 Å². The Morgan fingerprint density at radius 1 is 1.05 bits per heavy atom. The van der Waals surface area contributed by atoms with Crippen LogP contribution in [-0.2, 0) is 36.8 Å². The van der Waals surface area contributed by atoms with Crippen LogP contribution >= 0.6 is 0 Å². The molecule has 0 fully saturated rings. The van der Waals surface area contributed by atoms with Gasteiger partial charge in [0.2, 0.25) is 23.6 Å². The number of hydrogen-bond acceptors (Lipinski definition) is 5. The third kappa shape index (κ3) is 6.72. The summed E-state index contributed by atoms with van der Waals surface area (Å²) in [6.07, 6.45) is 0.790. The maximum atomic E-state index is 13.2. The molecule has 3 atom stereocenters. The molecule has 1 heterocycles. The van der Waals surface area contributed by atoms with Crippen LogP contribution < -0.4 is 20.9 Å². The predicted molar refractivity (Wildman–Crippen MR) is 138 cm³/mol. The van der Waals surface area contributed by atoms with Crippen LogP contribution in [0, 0.1) is 5.92 Å². The summed E-state index contributed by atoms with van der Waals surface area (Å²) in [4.78, 5) is 63.6. The topological polar surface area (TPSA) is 145 Å². The highest BCUT2D eigenvalue weighted by atomic mass is 16.4. The molecule has 4 N–H and O–H groups in total. The lowest BCUT2D eigenvalue weighted by Gasteiger charge is -2.26. The second-order valence-electron chi connectivity index (χ2n) is 9.13. The Hall–Kier alpha value is -4.21. The van der Waals surface area contributed by atoms with E-state index in [-0.39, 0.29) is 30.6 Å². The van der Waals surface area contributed by atoms with E-state index in [4.69, 9.17) is 0 Å². The minimum absolute atomic E-state index is 0.0722. The number of carbonyl (C=O) groups excluding carboxylic acids is 4. The average molecular weight is 509 g/mol. The average Bonchev–Trinajstić information content (AvgIpc) is 3.27. The van der Waals surface area contributed by atoms with Gasteiger partial charge in [-0.3, -0.25) is 24.1 Å². The summed E-state index contributed by atoms with van der Waals surface area (Å²) in [5.74, 6) is -3.27. The minimum atomic E-state index is -1.20. The maximum absolute atomic E-state index is 13.2. The fourth-order valence-electron chi connectivity index (χ4n) is 4.35. The van der Waals surface area contributed by atoms with Gasteiger partial charge in [-0.25, -0.2) is 4.79 Å². The summed E-state index contributed by atoms with van der Waals surface area (Å²) in [6, 6.07) is 12.0. The molecule has 2 unspecified atom stereocenters. The van der Waals surface area contributed by atoms with E-state index in [1.165, 1.54) is 6.92 Å². The Morgan fingerprint density at radius 2 is 1.76 bits per heavy atom. The van der Waals surface area contributed by atoms with Crippen LogP contribution in [0.5, 0.6) is 0 Å². The Kier molecular flexibility index (Phi) is 9.00. The van der Waals surface area contributed by atoms with Crippen LogP contribution in [0.25, 0.3) is 0 Å². The number of nitrogens with one attached hydrogen (secondary N) is 3. The molecule has 0 aromatic heterocycles. The molecule has 4 amide bonds. The van der Waals surface area contributed by atoms with Gasteiger partial charge in [0, 0.05) is 13.3 Å². The van der Waals surface area contributed by atoms with Gasteiger partial charge in [-0.15, -0.1) is 0 Å². The normalized spacial score (nSPS) is 15.8. The Labute approximate surface area is 215 Å². The van der Waals surface area contributed by atoms with Crippen molar-refractivity contribution in [3.8, 4) is 0 Å². The van der Waals surface area contributed by atoms with E-state index >= 15 is 0 Å². The van der Waals surface area contributed by atoms with E-state index in [1.54, 1.807) is 18.2 Å². The number of carbonyl (C=O) groups is 5. The molecule has 2 aromatic rings. The summed E-state index contributed by atoms with van der Waals surface area (Å²) in [5.41, 5.74) is 2.03. The lowest BCUT2D eigenvalue weighted by molar-refractivity contribution is -0.139. The van der Waals surface area contributed by atoms with Gasteiger partial charge < -0.3 is 21.1 Å². The van der Waals surface area contributed by atoms with E-state index in [0.717, 1.165) is 10.5 Å². The van der Waals surface area contributed by atoms with Gasteiger partial charge in [0.15, 0.2) is 0 Å². The van der Waals surface area contributed by atoms with E-state index < -0.39 is 36.4 Å². The molecule has 0 aliphatic carbocycles. The monoisotopic (exact) mass is 508 g/mol. The zero-order valence-corrected chi connectivity index (χ0v) is 21.1. The number of carboxylic acids is 1. The number of anilines is 2. The van der Waals surface area contributed by atoms with Gasteiger partial charge in [0.05, 0.1) is 24.3 Å². The van der Waals surface area contributed by atoms with Gasteiger partial charge in [-0.1, -0.05) is 62.7 Å². The molecule has 10 nitrogen and oxygen atoms in total. The molecule has 0 saturated carbocycles. The van der Waals surface area contributed by atoms with Gasteiger partial charge in [0.25, 0.3) is 0 Å². The molecular formula is C27H32N4O6. The third-order valence-corrected chi connectivity index (χ3v) is 6.38. The molecule has 1 aliphatic rings. The molecule has 0 saturated heterocycles. The summed E-state index contributed by atoms with van der Waals surface area (Å²) in [7, 11) is 0. The number of carboxylic acid groups (broad SMARTS) is 1. The van der Waals surface area contributed by atoms with Crippen molar-refractivity contribution in [2.75, 3.05) is 16.8 Å². The second kappa shape index (κ2) is 12.2. The number of aliphatic carboxylic acids is 1. The Morgan fingerprint density at radius 3 is 2.38 bits per heavy atom. The molecule has 2 aromatic carbocycles. The summed E-state index contributed by atoms with van der Waals surface area (Å²) in [6.45, 7) is 4.56. The fourth-order valence-corrected chi connectivity index (χ4v) is 4.35. The SMILES string of the molecule is CCC(C)C(NC(=O)Cc1ccccc1)C(=O)NCC(=O)N1c2c(cccc2NC(C)=O)C[C@H]1C(=O)O. The van der Waals surface area contributed by atoms with Crippen LogP contribution in [0.3, 0.4) is 0 Å².